The van der Waals surface area contributed by atoms with Crippen LogP contribution < -0.4 is 4.72 Å². The van der Waals surface area contributed by atoms with Crippen LogP contribution in [0.5, 0.6) is 0 Å². The van der Waals surface area contributed by atoms with Crippen LogP contribution in [0.25, 0.3) is 11.5 Å². The number of halogens is 1. The summed E-state index contributed by atoms with van der Waals surface area (Å²) in [6.45, 7) is 4.44. The van der Waals surface area contributed by atoms with Crippen molar-refractivity contribution < 1.29 is 22.0 Å². The Morgan fingerprint density at radius 3 is 2.65 bits per heavy atom. The van der Waals surface area contributed by atoms with Crippen LogP contribution in [-0.4, -0.2) is 42.5 Å². The molecule has 8 nitrogen and oxygen atoms in total. The number of piperidine rings is 1. The number of carbonyl (C=O) groups excluding carboxylic acids is 1. The van der Waals surface area contributed by atoms with E-state index in [1.54, 1.807) is 11.8 Å². The lowest BCUT2D eigenvalue weighted by Crippen LogP contribution is -2.35. The lowest BCUT2D eigenvalue weighted by molar-refractivity contribution is 0.0725. The molecular formula is C21H23FN4O4S. The fraction of sp³-hybridized carbons (Fsp3) is 0.333. The lowest BCUT2D eigenvalue weighted by Gasteiger charge is -2.26. The first kappa shape index (κ1) is 21.1. The number of anilines is 1. The number of amides is 1. The summed E-state index contributed by atoms with van der Waals surface area (Å²) in [4.78, 5) is 14.6. The second kappa shape index (κ2) is 8.18. The van der Waals surface area contributed by atoms with E-state index in [4.69, 9.17) is 4.42 Å². The van der Waals surface area contributed by atoms with Crippen LogP contribution in [0.4, 0.5) is 10.1 Å². The molecule has 1 saturated heterocycles. The highest BCUT2D eigenvalue weighted by Crippen LogP contribution is 2.31. The highest BCUT2D eigenvalue weighted by molar-refractivity contribution is 7.92. The molecule has 1 aliphatic heterocycles. The van der Waals surface area contributed by atoms with E-state index in [-0.39, 0.29) is 28.0 Å². The Kier molecular flexibility index (Phi) is 5.57. The molecule has 4 rings (SSSR count). The van der Waals surface area contributed by atoms with Gasteiger partial charge in [-0.25, -0.2) is 12.8 Å². The Hall–Kier alpha value is -3.14. The molecule has 0 saturated carbocycles. The van der Waals surface area contributed by atoms with E-state index >= 15 is 0 Å². The standard InChI is InChI=1S/C21H23FN4O4S/c1-13-10-15(6-7-17(13)22)25-31(28,29)19-11-18(30-14(19)2)20-16(12-23-24-20)21(27)26-8-4-3-5-9-26/h6-7,10-12,25H,3-5,8-9H2,1-2H3,(H,23,24). The van der Waals surface area contributed by atoms with E-state index in [1.807, 2.05) is 0 Å². The summed E-state index contributed by atoms with van der Waals surface area (Å²) in [6.07, 6.45) is 4.43. The molecule has 0 unspecified atom stereocenters. The van der Waals surface area contributed by atoms with E-state index in [0.717, 1.165) is 19.3 Å². The van der Waals surface area contributed by atoms with Crippen molar-refractivity contribution in [3.05, 3.63) is 53.2 Å². The number of furan rings is 1. The molecular weight excluding hydrogens is 423 g/mol. The molecule has 0 bridgehead atoms. The summed E-state index contributed by atoms with van der Waals surface area (Å²) in [5.74, 6) is -0.227. The average molecular weight is 447 g/mol. The van der Waals surface area contributed by atoms with E-state index < -0.39 is 15.8 Å². The fourth-order valence-electron chi connectivity index (χ4n) is 3.68. The van der Waals surface area contributed by atoms with Crippen molar-refractivity contribution in [2.75, 3.05) is 17.8 Å². The maximum Gasteiger partial charge on any atom is 0.265 e. The summed E-state index contributed by atoms with van der Waals surface area (Å²) in [5, 5.41) is 6.72. The average Bonchev–Trinajstić information content (AvgIpc) is 3.37. The molecule has 0 radical (unpaired) electrons. The number of aromatic amines is 1. The molecule has 0 atom stereocenters. The summed E-state index contributed by atoms with van der Waals surface area (Å²) in [7, 11) is -3.99. The van der Waals surface area contributed by atoms with Gasteiger partial charge in [0.15, 0.2) is 5.76 Å². The van der Waals surface area contributed by atoms with E-state index in [1.165, 1.54) is 37.4 Å². The molecule has 3 heterocycles. The number of aryl methyl sites for hydroxylation is 2. The minimum Gasteiger partial charge on any atom is -0.458 e. The second-order valence-electron chi connectivity index (χ2n) is 7.61. The van der Waals surface area contributed by atoms with E-state index in [0.29, 0.717) is 29.9 Å². The normalized spacial score (nSPS) is 14.6. The molecule has 1 amide bonds. The largest absolute Gasteiger partial charge is 0.458 e. The fourth-order valence-corrected chi connectivity index (χ4v) is 4.91. The molecule has 10 heteroatoms. The zero-order valence-electron chi connectivity index (χ0n) is 17.2. The molecule has 2 aromatic heterocycles. The van der Waals surface area contributed by atoms with Gasteiger partial charge in [0.1, 0.15) is 22.2 Å². The van der Waals surface area contributed by atoms with Crippen LogP contribution in [-0.2, 0) is 10.0 Å². The third-order valence-electron chi connectivity index (χ3n) is 5.33. The number of likely N-dealkylation sites (tertiary alicyclic amines) is 1. The third kappa shape index (κ3) is 4.20. The van der Waals surface area contributed by atoms with Gasteiger partial charge in [-0.1, -0.05) is 0 Å². The van der Waals surface area contributed by atoms with Gasteiger partial charge < -0.3 is 9.32 Å². The van der Waals surface area contributed by atoms with E-state index in [2.05, 4.69) is 14.9 Å². The number of hydrogen-bond donors (Lipinski definition) is 2. The van der Waals surface area contributed by atoms with E-state index in [9.17, 15) is 17.6 Å². The first-order chi connectivity index (χ1) is 14.8. The van der Waals surface area contributed by atoms with Crippen molar-refractivity contribution in [1.82, 2.24) is 15.1 Å². The number of H-pyrrole nitrogens is 1. The first-order valence-electron chi connectivity index (χ1n) is 9.98. The van der Waals surface area contributed by atoms with Crippen LogP contribution in [0.1, 0.15) is 40.9 Å². The number of rotatable bonds is 5. The van der Waals surface area contributed by atoms with Gasteiger partial charge in [-0.05, 0) is 56.9 Å². The molecule has 0 spiro atoms. The van der Waals surface area contributed by atoms with Gasteiger partial charge in [0.05, 0.1) is 11.8 Å². The molecule has 164 valence electrons. The van der Waals surface area contributed by atoms with Gasteiger partial charge in [0.2, 0.25) is 0 Å². The van der Waals surface area contributed by atoms with Crippen LogP contribution in [0.3, 0.4) is 0 Å². The Bertz CT molecular complexity index is 1230. The lowest BCUT2D eigenvalue weighted by atomic mass is 10.1. The second-order valence-corrected chi connectivity index (χ2v) is 9.26. The zero-order valence-corrected chi connectivity index (χ0v) is 18.1. The first-order valence-corrected chi connectivity index (χ1v) is 11.5. The van der Waals surface area contributed by atoms with Crippen molar-refractivity contribution in [3.63, 3.8) is 0 Å². The minimum absolute atomic E-state index is 0.0737. The number of sulfonamides is 1. The van der Waals surface area contributed by atoms with Crippen LogP contribution in [0.2, 0.25) is 0 Å². The number of aromatic nitrogens is 2. The number of hydrogen-bond acceptors (Lipinski definition) is 5. The zero-order chi connectivity index (χ0) is 22.2. The topological polar surface area (TPSA) is 108 Å². The predicted octanol–water partition coefficient (Wildman–Crippen LogP) is 3.85. The Balaban J connectivity index is 1.63. The van der Waals surface area contributed by atoms with Gasteiger partial charge >= 0.3 is 0 Å². The number of nitrogens with one attached hydrogen (secondary N) is 2. The van der Waals surface area contributed by atoms with Gasteiger partial charge in [0.25, 0.3) is 15.9 Å². The van der Waals surface area contributed by atoms with Crippen molar-refractivity contribution >= 4 is 21.6 Å². The van der Waals surface area contributed by atoms with Gasteiger partial charge in [-0.15, -0.1) is 0 Å². The molecule has 1 aliphatic rings. The summed E-state index contributed by atoms with van der Waals surface area (Å²) in [5.41, 5.74) is 1.23. The molecule has 31 heavy (non-hydrogen) atoms. The van der Waals surface area contributed by atoms with Crippen molar-refractivity contribution in [1.29, 1.82) is 0 Å². The maximum absolute atomic E-state index is 13.5. The third-order valence-corrected chi connectivity index (χ3v) is 6.82. The molecule has 0 aliphatic carbocycles. The Labute approximate surface area is 179 Å². The monoisotopic (exact) mass is 446 g/mol. The van der Waals surface area contributed by atoms with Crippen LogP contribution in [0.15, 0.2) is 39.8 Å². The SMILES string of the molecule is Cc1cc(NS(=O)(=O)c2cc(-c3[nH]ncc3C(=O)N3CCCCC3)oc2C)ccc1F. The number of nitrogens with zero attached hydrogens (tertiary/aromatic N) is 2. The molecule has 2 N–H and O–H groups in total. The van der Waals surface area contributed by atoms with Gasteiger partial charge in [-0.3, -0.25) is 14.6 Å². The number of benzene rings is 1. The number of carbonyl (C=O) groups is 1. The smallest absolute Gasteiger partial charge is 0.265 e. The molecule has 3 aromatic rings. The van der Waals surface area contributed by atoms with Gasteiger partial charge in [-0.2, -0.15) is 5.10 Å². The Morgan fingerprint density at radius 2 is 1.94 bits per heavy atom. The minimum atomic E-state index is -3.99. The molecule has 1 fully saturated rings. The summed E-state index contributed by atoms with van der Waals surface area (Å²) in [6, 6.07) is 5.31. The highest BCUT2D eigenvalue weighted by atomic mass is 32.2. The quantitative estimate of drug-likeness (QED) is 0.619. The predicted molar refractivity (Wildman–Crippen MR) is 113 cm³/mol. The van der Waals surface area contributed by atoms with Crippen LogP contribution >= 0.6 is 0 Å². The Morgan fingerprint density at radius 1 is 1.19 bits per heavy atom. The van der Waals surface area contributed by atoms with Crippen LogP contribution in [0, 0.1) is 19.7 Å². The summed E-state index contributed by atoms with van der Waals surface area (Å²) < 4.78 is 47.4. The molecule has 1 aromatic carbocycles. The van der Waals surface area contributed by atoms with Crippen molar-refractivity contribution in [3.8, 4) is 11.5 Å². The van der Waals surface area contributed by atoms with Crippen molar-refractivity contribution in [2.45, 2.75) is 38.0 Å². The van der Waals surface area contributed by atoms with Gasteiger partial charge in [0, 0.05) is 24.8 Å². The summed E-state index contributed by atoms with van der Waals surface area (Å²) >= 11 is 0. The highest BCUT2D eigenvalue weighted by Gasteiger charge is 2.27. The maximum atomic E-state index is 13.5. The van der Waals surface area contributed by atoms with Crippen molar-refractivity contribution in [2.24, 2.45) is 0 Å².